The Morgan fingerprint density at radius 3 is 2.41 bits per heavy atom. The van der Waals surface area contributed by atoms with E-state index in [2.05, 4.69) is 17.0 Å². The average molecular weight is 235 g/mol. The topological polar surface area (TPSA) is 72.3 Å². The summed E-state index contributed by atoms with van der Waals surface area (Å²) in [5, 5.41) is 0. The van der Waals surface area contributed by atoms with Gasteiger partial charge in [0.05, 0.1) is 0 Å². The second kappa shape index (κ2) is 6.91. The maximum atomic E-state index is 10.6. The lowest BCUT2D eigenvalue weighted by atomic mass is 10.2. The van der Waals surface area contributed by atoms with Crippen LogP contribution in [0.3, 0.4) is 0 Å². The maximum Gasteiger partial charge on any atom is 0.217 e. The minimum atomic E-state index is -0.222. The van der Waals surface area contributed by atoms with E-state index in [1.165, 1.54) is 5.69 Å². The highest BCUT2D eigenvalue weighted by Gasteiger charge is 2.01. The lowest BCUT2D eigenvalue weighted by Crippen LogP contribution is -2.19. The fraction of sp³-hybridized carbons (Fsp3) is 0.462. The minimum absolute atomic E-state index is 0.222. The van der Waals surface area contributed by atoms with Crippen molar-refractivity contribution in [2.75, 3.05) is 18.5 Å². The van der Waals surface area contributed by atoms with Crippen LogP contribution in [-0.2, 0) is 11.3 Å². The Morgan fingerprint density at radius 1 is 1.24 bits per heavy atom. The number of primary amides is 1. The van der Waals surface area contributed by atoms with Gasteiger partial charge in [-0.05, 0) is 30.5 Å². The number of benzene rings is 1. The van der Waals surface area contributed by atoms with E-state index in [0.29, 0.717) is 13.0 Å². The molecule has 0 heterocycles. The number of rotatable bonds is 7. The highest BCUT2D eigenvalue weighted by atomic mass is 16.1. The first kappa shape index (κ1) is 13.5. The Kier molecular flexibility index (Phi) is 5.49. The molecule has 1 rings (SSSR count). The van der Waals surface area contributed by atoms with Crippen molar-refractivity contribution in [1.82, 2.24) is 0 Å². The molecule has 1 aromatic carbocycles. The second-order valence-electron chi connectivity index (χ2n) is 4.22. The minimum Gasteiger partial charge on any atom is -0.375 e. The fourth-order valence-corrected chi connectivity index (χ4v) is 1.66. The summed E-state index contributed by atoms with van der Waals surface area (Å²) in [6.45, 7) is 1.50. The zero-order valence-corrected chi connectivity index (χ0v) is 10.4. The van der Waals surface area contributed by atoms with Crippen molar-refractivity contribution in [1.29, 1.82) is 0 Å². The predicted octanol–water partition coefficient (Wildman–Crippen LogP) is 1.24. The number of hydrogen-bond acceptors (Lipinski definition) is 3. The molecule has 4 N–H and O–H groups in total. The summed E-state index contributed by atoms with van der Waals surface area (Å²) in [6.07, 6.45) is 2.29. The van der Waals surface area contributed by atoms with Crippen molar-refractivity contribution in [2.45, 2.75) is 25.8 Å². The Balaban J connectivity index is 2.35. The lowest BCUT2D eigenvalue weighted by molar-refractivity contribution is -0.118. The van der Waals surface area contributed by atoms with Crippen LogP contribution in [0.1, 0.15) is 24.8 Å². The number of nitrogens with zero attached hydrogens (tertiary/aromatic N) is 1. The fourth-order valence-electron chi connectivity index (χ4n) is 1.66. The van der Waals surface area contributed by atoms with E-state index in [9.17, 15) is 4.79 Å². The Morgan fingerprint density at radius 2 is 1.88 bits per heavy atom. The highest BCUT2D eigenvalue weighted by Crippen LogP contribution is 2.14. The van der Waals surface area contributed by atoms with Gasteiger partial charge in [0.1, 0.15) is 0 Å². The molecule has 1 aromatic rings. The standard InChI is InChI=1S/C13H21N3O/c1-16(9-3-2-4-13(15)17)12-7-5-11(10-14)6-8-12/h5-8H,2-4,9-10,14H2,1H3,(H2,15,17). The van der Waals surface area contributed by atoms with Crippen LogP contribution in [0.15, 0.2) is 24.3 Å². The van der Waals surface area contributed by atoms with E-state index < -0.39 is 0 Å². The summed E-state index contributed by atoms with van der Waals surface area (Å²) in [5.74, 6) is -0.222. The van der Waals surface area contributed by atoms with Crippen LogP contribution in [0, 0.1) is 0 Å². The number of hydrogen-bond donors (Lipinski definition) is 2. The lowest BCUT2D eigenvalue weighted by Gasteiger charge is -2.19. The molecule has 0 fully saturated rings. The van der Waals surface area contributed by atoms with Gasteiger partial charge in [0.25, 0.3) is 0 Å². The summed E-state index contributed by atoms with van der Waals surface area (Å²) >= 11 is 0. The van der Waals surface area contributed by atoms with E-state index in [0.717, 1.165) is 24.9 Å². The molecule has 0 aromatic heterocycles. The molecule has 0 unspecified atom stereocenters. The van der Waals surface area contributed by atoms with Gasteiger partial charge < -0.3 is 16.4 Å². The van der Waals surface area contributed by atoms with E-state index >= 15 is 0 Å². The molecule has 0 bridgehead atoms. The van der Waals surface area contributed by atoms with E-state index in [4.69, 9.17) is 11.5 Å². The van der Waals surface area contributed by atoms with Crippen molar-refractivity contribution < 1.29 is 4.79 Å². The third kappa shape index (κ3) is 4.87. The first-order chi connectivity index (χ1) is 8.13. The van der Waals surface area contributed by atoms with Crippen molar-refractivity contribution in [3.63, 3.8) is 0 Å². The molecule has 0 saturated carbocycles. The SMILES string of the molecule is CN(CCCCC(N)=O)c1ccc(CN)cc1. The van der Waals surface area contributed by atoms with Crippen molar-refractivity contribution in [3.05, 3.63) is 29.8 Å². The molecule has 17 heavy (non-hydrogen) atoms. The average Bonchev–Trinajstić information content (AvgIpc) is 2.34. The van der Waals surface area contributed by atoms with Crippen molar-refractivity contribution >= 4 is 11.6 Å². The van der Waals surface area contributed by atoms with E-state index in [-0.39, 0.29) is 5.91 Å². The number of unbranched alkanes of at least 4 members (excludes halogenated alkanes) is 1. The van der Waals surface area contributed by atoms with Gasteiger partial charge in [-0.3, -0.25) is 4.79 Å². The number of carbonyl (C=O) groups is 1. The molecule has 0 radical (unpaired) electrons. The predicted molar refractivity (Wildman–Crippen MR) is 70.6 cm³/mol. The van der Waals surface area contributed by atoms with Gasteiger partial charge in [0, 0.05) is 32.2 Å². The normalized spacial score (nSPS) is 10.2. The summed E-state index contributed by atoms with van der Waals surface area (Å²) in [4.78, 5) is 12.7. The Hall–Kier alpha value is -1.55. The number of nitrogens with two attached hydrogens (primary N) is 2. The first-order valence-corrected chi connectivity index (χ1v) is 5.92. The van der Waals surface area contributed by atoms with Crippen LogP contribution in [0.25, 0.3) is 0 Å². The van der Waals surface area contributed by atoms with Gasteiger partial charge >= 0.3 is 0 Å². The summed E-state index contributed by atoms with van der Waals surface area (Å²) in [6, 6.07) is 8.21. The van der Waals surface area contributed by atoms with Crippen LogP contribution < -0.4 is 16.4 Å². The molecule has 1 amide bonds. The van der Waals surface area contributed by atoms with Crippen LogP contribution in [0.2, 0.25) is 0 Å². The Bertz CT molecular complexity index is 348. The quantitative estimate of drug-likeness (QED) is 0.698. The van der Waals surface area contributed by atoms with Crippen molar-refractivity contribution in [2.24, 2.45) is 11.5 Å². The zero-order chi connectivity index (χ0) is 12.7. The van der Waals surface area contributed by atoms with Gasteiger partial charge in [0.2, 0.25) is 5.91 Å². The first-order valence-electron chi connectivity index (χ1n) is 5.92. The molecule has 4 nitrogen and oxygen atoms in total. The van der Waals surface area contributed by atoms with Gasteiger partial charge in [-0.15, -0.1) is 0 Å². The maximum absolute atomic E-state index is 10.6. The molecule has 4 heteroatoms. The second-order valence-corrected chi connectivity index (χ2v) is 4.22. The summed E-state index contributed by atoms with van der Waals surface area (Å²) in [5.41, 5.74) is 12.9. The number of anilines is 1. The van der Waals surface area contributed by atoms with Gasteiger partial charge in [-0.2, -0.15) is 0 Å². The van der Waals surface area contributed by atoms with E-state index in [1.54, 1.807) is 0 Å². The number of amides is 1. The highest BCUT2D eigenvalue weighted by molar-refractivity contribution is 5.73. The summed E-state index contributed by atoms with van der Waals surface area (Å²) < 4.78 is 0. The molecule has 0 atom stereocenters. The zero-order valence-electron chi connectivity index (χ0n) is 10.4. The van der Waals surface area contributed by atoms with Crippen LogP contribution in [0.4, 0.5) is 5.69 Å². The largest absolute Gasteiger partial charge is 0.375 e. The smallest absolute Gasteiger partial charge is 0.217 e. The van der Waals surface area contributed by atoms with Gasteiger partial charge in [0.15, 0.2) is 0 Å². The molecule has 0 spiro atoms. The van der Waals surface area contributed by atoms with Crippen molar-refractivity contribution in [3.8, 4) is 0 Å². The van der Waals surface area contributed by atoms with Crippen LogP contribution >= 0.6 is 0 Å². The van der Waals surface area contributed by atoms with Gasteiger partial charge in [-0.1, -0.05) is 12.1 Å². The van der Waals surface area contributed by atoms with Gasteiger partial charge in [-0.25, -0.2) is 0 Å². The number of carbonyl (C=O) groups excluding carboxylic acids is 1. The molecular formula is C13H21N3O. The summed E-state index contributed by atoms with van der Waals surface area (Å²) in [7, 11) is 2.04. The molecule has 0 aliphatic carbocycles. The molecular weight excluding hydrogens is 214 g/mol. The third-order valence-electron chi connectivity index (χ3n) is 2.78. The van der Waals surface area contributed by atoms with Crippen LogP contribution in [-0.4, -0.2) is 19.5 Å². The molecule has 0 aliphatic heterocycles. The molecule has 0 saturated heterocycles. The molecule has 94 valence electrons. The van der Waals surface area contributed by atoms with Crippen LogP contribution in [0.5, 0.6) is 0 Å². The molecule has 0 aliphatic rings. The van der Waals surface area contributed by atoms with E-state index in [1.807, 2.05) is 19.2 Å². The Labute approximate surface area is 103 Å². The monoisotopic (exact) mass is 235 g/mol. The third-order valence-corrected chi connectivity index (χ3v) is 2.78.